The summed E-state index contributed by atoms with van der Waals surface area (Å²) in [5.74, 6) is -0.564. The minimum atomic E-state index is -0.722. The first-order valence-corrected chi connectivity index (χ1v) is 12.6. The van der Waals surface area contributed by atoms with E-state index in [1.165, 1.54) is 14.2 Å². The molecule has 2 fully saturated rings. The number of ether oxygens (including phenoxy) is 6. The molecule has 6 rings (SSSR count). The molecule has 1 amide bonds. The quantitative estimate of drug-likeness (QED) is 0.596. The Labute approximate surface area is 219 Å². The van der Waals surface area contributed by atoms with E-state index >= 15 is 0 Å². The molecule has 1 N–H and O–H groups in total. The number of piperazine rings is 1. The van der Waals surface area contributed by atoms with E-state index in [-0.39, 0.29) is 36.6 Å². The van der Waals surface area contributed by atoms with Crippen molar-refractivity contribution in [3.63, 3.8) is 0 Å². The van der Waals surface area contributed by atoms with Crippen LogP contribution >= 0.6 is 0 Å². The van der Waals surface area contributed by atoms with Gasteiger partial charge in [-0.15, -0.1) is 0 Å². The highest BCUT2D eigenvalue weighted by Gasteiger charge is 2.54. The topological polar surface area (TPSA) is 116 Å². The Morgan fingerprint density at radius 1 is 0.947 bits per heavy atom. The number of hydrogen-bond acceptors (Lipinski definition) is 10. The molecule has 0 saturated carbocycles. The first-order chi connectivity index (χ1) is 18.4. The van der Waals surface area contributed by atoms with Crippen molar-refractivity contribution in [2.75, 3.05) is 60.8 Å². The summed E-state index contributed by atoms with van der Waals surface area (Å²) in [5, 5.41) is 10.5. The third kappa shape index (κ3) is 3.92. The van der Waals surface area contributed by atoms with Gasteiger partial charge in [-0.3, -0.25) is 4.79 Å². The van der Waals surface area contributed by atoms with Gasteiger partial charge in [0, 0.05) is 43.6 Å². The van der Waals surface area contributed by atoms with Crippen molar-refractivity contribution in [3.8, 4) is 28.7 Å². The van der Waals surface area contributed by atoms with Crippen molar-refractivity contribution in [1.82, 2.24) is 9.80 Å². The molecule has 0 radical (unpaired) electrons. The number of carbonyl (C=O) groups is 2. The summed E-state index contributed by atoms with van der Waals surface area (Å²) in [5.41, 5.74) is 2.17. The number of carbonyl (C=O) groups excluding carboxylic acids is 2. The van der Waals surface area contributed by atoms with Crippen molar-refractivity contribution >= 4 is 12.1 Å². The zero-order chi connectivity index (χ0) is 26.6. The zero-order valence-corrected chi connectivity index (χ0v) is 21.5. The molecular formula is C27H30N2O9. The third-order valence-electron chi connectivity index (χ3n) is 7.97. The van der Waals surface area contributed by atoms with E-state index in [0.29, 0.717) is 30.2 Å². The van der Waals surface area contributed by atoms with Crippen LogP contribution in [0, 0.1) is 11.8 Å². The number of benzene rings is 2. The summed E-state index contributed by atoms with van der Waals surface area (Å²) < 4.78 is 33.8. The number of fused-ring (bicyclic) bond motifs is 3. The van der Waals surface area contributed by atoms with Crippen LogP contribution in [-0.2, 0) is 14.3 Å². The average molecular weight is 527 g/mol. The minimum Gasteiger partial charge on any atom is -0.502 e. The van der Waals surface area contributed by atoms with Gasteiger partial charge >= 0.3 is 12.1 Å². The molecule has 0 aromatic heterocycles. The molecule has 4 atom stereocenters. The molecule has 1 aliphatic carbocycles. The Morgan fingerprint density at radius 2 is 1.58 bits per heavy atom. The normalized spacial score (nSPS) is 25.9. The third-order valence-corrected chi connectivity index (χ3v) is 7.97. The summed E-state index contributed by atoms with van der Waals surface area (Å²) in [7, 11) is 4.92. The Hall–Kier alpha value is -3.86. The van der Waals surface area contributed by atoms with Crippen molar-refractivity contribution in [2.45, 2.75) is 12.0 Å². The SMILES string of the molecule is COc1cc([C@@H]2c3cc4c(cc3[C@@H](OC(=O)N3CCN(C)CC3)[C@H]3COC(=O)[C@H]23)OCO4)cc(OC)c1O. The van der Waals surface area contributed by atoms with Crippen LogP contribution in [0.1, 0.15) is 28.7 Å². The predicted molar refractivity (Wildman–Crippen MR) is 132 cm³/mol. The molecule has 3 aliphatic heterocycles. The summed E-state index contributed by atoms with van der Waals surface area (Å²) in [6.07, 6.45) is -1.14. The van der Waals surface area contributed by atoms with Crippen LogP contribution in [-0.4, -0.2) is 87.8 Å². The van der Waals surface area contributed by atoms with Crippen molar-refractivity contribution < 1.29 is 43.1 Å². The Balaban J connectivity index is 1.46. The number of likely N-dealkylation sites (N-methyl/N-ethyl adjacent to an activating group) is 1. The van der Waals surface area contributed by atoms with E-state index in [9.17, 15) is 14.7 Å². The first-order valence-electron chi connectivity index (χ1n) is 12.6. The van der Waals surface area contributed by atoms with Crippen LogP contribution in [0.4, 0.5) is 4.79 Å². The number of aromatic hydroxyl groups is 1. The van der Waals surface area contributed by atoms with Crippen molar-refractivity contribution in [3.05, 3.63) is 41.0 Å². The van der Waals surface area contributed by atoms with Crippen LogP contribution in [0.15, 0.2) is 24.3 Å². The van der Waals surface area contributed by atoms with Gasteiger partial charge in [-0.2, -0.15) is 0 Å². The highest BCUT2D eigenvalue weighted by Crippen LogP contribution is 2.56. The van der Waals surface area contributed by atoms with Crippen LogP contribution in [0.25, 0.3) is 0 Å². The van der Waals surface area contributed by atoms with E-state index in [0.717, 1.165) is 24.2 Å². The van der Waals surface area contributed by atoms with Crippen LogP contribution in [0.2, 0.25) is 0 Å². The van der Waals surface area contributed by atoms with E-state index < -0.39 is 30.0 Å². The fourth-order valence-electron chi connectivity index (χ4n) is 5.93. The lowest BCUT2D eigenvalue weighted by atomic mass is 9.66. The Kier molecular flexibility index (Phi) is 6.10. The molecule has 3 heterocycles. The van der Waals surface area contributed by atoms with Crippen LogP contribution in [0.5, 0.6) is 28.7 Å². The second kappa shape index (κ2) is 9.46. The number of amides is 1. The van der Waals surface area contributed by atoms with Crippen LogP contribution in [0.3, 0.4) is 0 Å². The standard InChI is InChI=1S/C27H30N2O9/c1-28-4-6-29(7-5-28)27(32)38-25-16-11-19-18(36-13-37-19)10-15(16)22(23-17(25)12-35-26(23)31)14-8-20(33-2)24(30)21(9-14)34-3/h8-11,17,22-23,25,30H,4-7,12-13H2,1-3H3/t17-,22+,23-,25+/m0/s1. The van der Waals surface area contributed by atoms with Crippen molar-refractivity contribution in [1.29, 1.82) is 0 Å². The predicted octanol–water partition coefficient (Wildman–Crippen LogP) is 2.50. The second-order valence-electron chi connectivity index (χ2n) is 10.0. The number of hydrogen-bond donors (Lipinski definition) is 1. The number of methoxy groups -OCH3 is 2. The lowest BCUT2D eigenvalue weighted by Crippen LogP contribution is -2.48. The van der Waals surface area contributed by atoms with Gasteiger partial charge in [0.2, 0.25) is 12.5 Å². The highest BCUT2D eigenvalue weighted by molar-refractivity contribution is 5.79. The van der Waals surface area contributed by atoms with Crippen LogP contribution < -0.4 is 18.9 Å². The van der Waals surface area contributed by atoms with Gasteiger partial charge in [0.25, 0.3) is 0 Å². The lowest BCUT2D eigenvalue weighted by molar-refractivity contribution is -0.141. The summed E-state index contributed by atoms with van der Waals surface area (Å²) in [6.45, 7) is 2.83. The monoisotopic (exact) mass is 526 g/mol. The smallest absolute Gasteiger partial charge is 0.410 e. The minimum absolute atomic E-state index is 0.0738. The number of rotatable bonds is 4. The number of phenols is 1. The molecule has 2 saturated heterocycles. The van der Waals surface area contributed by atoms with Gasteiger partial charge in [0.15, 0.2) is 23.0 Å². The molecule has 0 spiro atoms. The van der Waals surface area contributed by atoms with E-state index in [2.05, 4.69) is 4.90 Å². The second-order valence-corrected chi connectivity index (χ2v) is 10.0. The molecule has 0 bridgehead atoms. The maximum absolute atomic E-state index is 13.3. The van der Waals surface area contributed by atoms with Crippen molar-refractivity contribution in [2.24, 2.45) is 11.8 Å². The zero-order valence-electron chi connectivity index (χ0n) is 21.5. The van der Waals surface area contributed by atoms with Gasteiger partial charge in [-0.1, -0.05) is 0 Å². The molecule has 202 valence electrons. The molecule has 11 nitrogen and oxygen atoms in total. The fraction of sp³-hybridized carbons (Fsp3) is 0.481. The highest BCUT2D eigenvalue weighted by atomic mass is 16.7. The maximum atomic E-state index is 13.3. The number of cyclic esters (lactones) is 1. The van der Waals surface area contributed by atoms with Gasteiger partial charge in [-0.05, 0) is 42.4 Å². The molecule has 2 aromatic carbocycles. The maximum Gasteiger partial charge on any atom is 0.410 e. The fourth-order valence-corrected chi connectivity index (χ4v) is 5.93. The molecule has 4 aliphatic rings. The van der Waals surface area contributed by atoms with E-state index in [1.807, 2.05) is 19.2 Å². The number of nitrogens with zero attached hydrogens (tertiary/aromatic N) is 2. The summed E-state index contributed by atoms with van der Waals surface area (Å²) >= 11 is 0. The average Bonchev–Trinajstić information content (AvgIpc) is 3.54. The molecule has 0 unspecified atom stereocenters. The Morgan fingerprint density at radius 3 is 2.21 bits per heavy atom. The number of esters is 1. The lowest BCUT2D eigenvalue weighted by Gasteiger charge is -2.40. The molecule has 38 heavy (non-hydrogen) atoms. The van der Waals surface area contributed by atoms with E-state index in [4.69, 9.17) is 28.4 Å². The molecule has 2 aromatic rings. The van der Waals surface area contributed by atoms with Gasteiger partial charge in [0.05, 0.1) is 26.7 Å². The molecular weight excluding hydrogens is 496 g/mol. The Bertz CT molecular complexity index is 1250. The first kappa shape index (κ1) is 24.5. The van der Waals surface area contributed by atoms with Gasteiger partial charge < -0.3 is 43.3 Å². The summed E-state index contributed by atoms with van der Waals surface area (Å²) in [6, 6.07) is 7.05. The number of phenolic OH excluding ortho intramolecular Hbond substituents is 1. The summed E-state index contributed by atoms with van der Waals surface area (Å²) in [4.78, 5) is 30.4. The van der Waals surface area contributed by atoms with Gasteiger partial charge in [-0.25, -0.2) is 4.79 Å². The van der Waals surface area contributed by atoms with Gasteiger partial charge in [0.1, 0.15) is 6.10 Å². The molecule has 11 heteroatoms. The largest absolute Gasteiger partial charge is 0.502 e. The van der Waals surface area contributed by atoms with E-state index in [1.54, 1.807) is 17.0 Å².